The van der Waals surface area contributed by atoms with Gasteiger partial charge in [0, 0.05) is 11.8 Å². The molecule has 2 nitrogen and oxygen atoms in total. The minimum atomic E-state index is -0.586. The zero-order valence-corrected chi connectivity index (χ0v) is 7.82. The topological polar surface area (TPSA) is 29.5 Å². The van der Waals surface area contributed by atoms with Crippen LogP contribution in [0.4, 0.5) is 0 Å². The highest BCUT2D eigenvalue weighted by molar-refractivity contribution is 5.14. The van der Waals surface area contributed by atoms with Crippen molar-refractivity contribution in [1.82, 2.24) is 0 Å². The fourth-order valence-electron chi connectivity index (χ4n) is 2.14. The summed E-state index contributed by atoms with van der Waals surface area (Å²) >= 11 is 0. The molecule has 0 aromatic heterocycles. The first-order valence-electron chi connectivity index (χ1n) is 4.59. The van der Waals surface area contributed by atoms with Gasteiger partial charge in [0.1, 0.15) is 0 Å². The summed E-state index contributed by atoms with van der Waals surface area (Å²) in [6.07, 6.45) is 4.41. The van der Waals surface area contributed by atoms with Crippen molar-refractivity contribution in [2.24, 2.45) is 11.8 Å². The summed E-state index contributed by atoms with van der Waals surface area (Å²) in [6, 6.07) is 0. The predicted molar refractivity (Wildman–Crippen MR) is 46.8 cm³/mol. The van der Waals surface area contributed by atoms with E-state index < -0.39 is 5.60 Å². The molecule has 5 atom stereocenters. The van der Waals surface area contributed by atoms with Gasteiger partial charge in [-0.1, -0.05) is 26.0 Å². The molecule has 0 aliphatic carbocycles. The third kappa shape index (κ3) is 0.882. The van der Waals surface area contributed by atoms with Gasteiger partial charge in [0.05, 0.1) is 17.8 Å². The zero-order valence-electron chi connectivity index (χ0n) is 7.82. The van der Waals surface area contributed by atoms with Crippen LogP contribution in [0, 0.1) is 11.8 Å². The summed E-state index contributed by atoms with van der Waals surface area (Å²) in [4.78, 5) is 0. The van der Waals surface area contributed by atoms with E-state index in [1.165, 1.54) is 0 Å². The second-order valence-electron chi connectivity index (χ2n) is 4.25. The standard InChI is InChI=1S/C10H16O2/c1-6-8-4-5-9(12-8)7(2)10(6,3)11/h4-9,11H,1-3H3/t6-,7+,8+,9-,10?. The van der Waals surface area contributed by atoms with Crippen molar-refractivity contribution in [1.29, 1.82) is 0 Å². The van der Waals surface area contributed by atoms with Crippen LogP contribution in [-0.2, 0) is 4.74 Å². The average molecular weight is 168 g/mol. The van der Waals surface area contributed by atoms with Crippen molar-refractivity contribution < 1.29 is 9.84 Å². The van der Waals surface area contributed by atoms with Crippen molar-refractivity contribution in [3.63, 3.8) is 0 Å². The van der Waals surface area contributed by atoms with Crippen LogP contribution in [0.15, 0.2) is 12.2 Å². The van der Waals surface area contributed by atoms with Crippen molar-refractivity contribution in [2.45, 2.75) is 38.6 Å². The molecule has 2 aliphatic heterocycles. The highest BCUT2D eigenvalue weighted by Crippen LogP contribution is 2.42. The van der Waals surface area contributed by atoms with E-state index in [2.05, 4.69) is 12.2 Å². The Bertz CT molecular complexity index is 200. The molecular weight excluding hydrogens is 152 g/mol. The van der Waals surface area contributed by atoms with Gasteiger partial charge in [0.15, 0.2) is 0 Å². The van der Waals surface area contributed by atoms with E-state index in [1.54, 1.807) is 0 Å². The maximum absolute atomic E-state index is 10.2. The molecule has 1 unspecified atom stereocenters. The summed E-state index contributed by atoms with van der Waals surface area (Å²) in [7, 11) is 0. The lowest BCUT2D eigenvalue weighted by atomic mass is 9.75. The Labute approximate surface area is 73.2 Å². The molecule has 0 aromatic carbocycles. The smallest absolute Gasteiger partial charge is 0.0817 e. The summed E-state index contributed by atoms with van der Waals surface area (Å²) in [6.45, 7) is 6.01. The maximum Gasteiger partial charge on any atom is 0.0817 e. The molecule has 68 valence electrons. The molecule has 1 saturated heterocycles. The Morgan fingerprint density at radius 2 is 1.58 bits per heavy atom. The Hall–Kier alpha value is -0.340. The largest absolute Gasteiger partial charge is 0.389 e. The second kappa shape index (κ2) is 2.33. The van der Waals surface area contributed by atoms with Crippen LogP contribution in [0.5, 0.6) is 0 Å². The first kappa shape index (κ1) is 8.27. The molecule has 0 saturated carbocycles. The maximum atomic E-state index is 10.2. The predicted octanol–water partition coefficient (Wildman–Crippen LogP) is 1.35. The molecule has 12 heavy (non-hydrogen) atoms. The SMILES string of the molecule is C[C@@H]1[C@@H]2C=C[C@@H](O2)[C@H](C)C1(C)O. The van der Waals surface area contributed by atoms with Gasteiger partial charge < -0.3 is 9.84 Å². The van der Waals surface area contributed by atoms with Crippen LogP contribution >= 0.6 is 0 Å². The number of rotatable bonds is 0. The monoisotopic (exact) mass is 168 g/mol. The van der Waals surface area contributed by atoms with Gasteiger partial charge in [-0.2, -0.15) is 0 Å². The minimum Gasteiger partial charge on any atom is -0.389 e. The van der Waals surface area contributed by atoms with E-state index in [0.717, 1.165) is 0 Å². The van der Waals surface area contributed by atoms with Crippen LogP contribution in [0.3, 0.4) is 0 Å². The Morgan fingerprint density at radius 3 is 2.00 bits per heavy atom. The summed E-state index contributed by atoms with van der Waals surface area (Å²) in [5, 5.41) is 10.2. The van der Waals surface area contributed by atoms with Crippen LogP contribution in [0.1, 0.15) is 20.8 Å². The zero-order chi connectivity index (χ0) is 8.93. The third-order valence-corrected chi connectivity index (χ3v) is 3.63. The fraction of sp³-hybridized carbons (Fsp3) is 0.800. The number of hydrogen-bond acceptors (Lipinski definition) is 2. The molecule has 0 radical (unpaired) electrons. The van der Waals surface area contributed by atoms with Crippen molar-refractivity contribution >= 4 is 0 Å². The molecule has 0 spiro atoms. The average Bonchev–Trinajstić information content (AvgIpc) is 2.45. The first-order valence-corrected chi connectivity index (χ1v) is 4.59. The van der Waals surface area contributed by atoms with Crippen molar-refractivity contribution in [3.05, 3.63) is 12.2 Å². The van der Waals surface area contributed by atoms with Gasteiger partial charge in [0.2, 0.25) is 0 Å². The van der Waals surface area contributed by atoms with Crippen molar-refractivity contribution in [3.8, 4) is 0 Å². The molecule has 0 amide bonds. The minimum absolute atomic E-state index is 0.126. The quantitative estimate of drug-likeness (QED) is 0.553. The lowest BCUT2D eigenvalue weighted by Gasteiger charge is -2.44. The van der Waals surface area contributed by atoms with Crippen LogP contribution in [-0.4, -0.2) is 22.9 Å². The van der Waals surface area contributed by atoms with Gasteiger partial charge in [0.25, 0.3) is 0 Å². The van der Waals surface area contributed by atoms with Crippen LogP contribution in [0.2, 0.25) is 0 Å². The molecule has 1 fully saturated rings. The Kier molecular flexibility index (Phi) is 1.61. The molecular formula is C10H16O2. The molecule has 2 rings (SSSR count). The molecule has 2 aliphatic rings. The summed E-state index contributed by atoms with van der Waals surface area (Å²) in [5.41, 5.74) is -0.586. The van der Waals surface area contributed by atoms with Gasteiger partial charge in [-0.25, -0.2) is 0 Å². The van der Waals surface area contributed by atoms with Gasteiger partial charge >= 0.3 is 0 Å². The molecule has 2 heteroatoms. The van der Waals surface area contributed by atoms with Gasteiger partial charge in [-0.05, 0) is 6.92 Å². The van der Waals surface area contributed by atoms with E-state index in [9.17, 15) is 5.11 Å². The Balaban J connectivity index is 2.31. The Morgan fingerprint density at radius 1 is 1.17 bits per heavy atom. The van der Waals surface area contributed by atoms with E-state index in [4.69, 9.17) is 4.74 Å². The summed E-state index contributed by atoms with van der Waals surface area (Å²) in [5.74, 6) is 0.394. The van der Waals surface area contributed by atoms with Crippen molar-refractivity contribution in [2.75, 3.05) is 0 Å². The number of fused-ring (bicyclic) bond motifs is 2. The molecule has 2 heterocycles. The van der Waals surface area contributed by atoms with Gasteiger partial charge in [-0.3, -0.25) is 0 Å². The van der Waals surface area contributed by atoms with E-state index >= 15 is 0 Å². The van der Waals surface area contributed by atoms with Gasteiger partial charge in [-0.15, -0.1) is 0 Å². The van der Waals surface area contributed by atoms with E-state index in [1.807, 2.05) is 20.8 Å². The van der Waals surface area contributed by atoms with Crippen LogP contribution < -0.4 is 0 Å². The molecule has 1 N–H and O–H groups in total. The van der Waals surface area contributed by atoms with Crippen LogP contribution in [0.25, 0.3) is 0 Å². The summed E-state index contributed by atoms with van der Waals surface area (Å²) < 4.78 is 5.69. The fourth-order valence-corrected chi connectivity index (χ4v) is 2.14. The lowest BCUT2D eigenvalue weighted by Crippen LogP contribution is -2.53. The number of hydrogen-bond donors (Lipinski definition) is 1. The third-order valence-electron chi connectivity index (χ3n) is 3.63. The highest BCUT2D eigenvalue weighted by atomic mass is 16.5. The lowest BCUT2D eigenvalue weighted by molar-refractivity contribution is -0.171. The molecule has 0 aromatic rings. The normalized spacial score (nSPS) is 57.7. The van der Waals surface area contributed by atoms with E-state index in [0.29, 0.717) is 0 Å². The second-order valence-corrected chi connectivity index (χ2v) is 4.25. The molecule has 2 bridgehead atoms. The number of aliphatic hydroxyl groups is 1. The number of ether oxygens (including phenoxy) is 1. The van der Waals surface area contributed by atoms with E-state index in [-0.39, 0.29) is 24.0 Å². The first-order chi connectivity index (χ1) is 5.53. The highest BCUT2D eigenvalue weighted by Gasteiger charge is 2.49.